The Labute approximate surface area is 117 Å². The van der Waals surface area contributed by atoms with Crippen LogP contribution in [-0.2, 0) is 19.6 Å². The third kappa shape index (κ3) is 1.96. The zero-order valence-electron chi connectivity index (χ0n) is 11.1. The maximum Gasteiger partial charge on any atom is 0.334 e. The summed E-state index contributed by atoms with van der Waals surface area (Å²) in [6.07, 6.45) is -0.393. The highest BCUT2D eigenvalue weighted by Gasteiger charge is 2.48. The van der Waals surface area contributed by atoms with Crippen LogP contribution in [0.2, 0.25) is 0 Å². The Kier molecular flexibility index (Phi) is 2.95. The van der Waals surface area contributed by atoms with E-state index in [4.69, 9.17) is 4.74 Å². The molecule has 3 rings (SSSR count). The molecule has 0 aromatic heterocycles. The molecule has 0 saturated carbocycles. The molecule has 0 amide bonds. The van der Waals surface area contributed by atoms with Crippen molar-refractivity contribution in [3.8, 4) is 0 Å². The van der Waals surface area contributed by atoms with Gasteiger partial charge in [-0.3, -0.25) is 0 Å². The molecular formula is C14H15NO4S. The normalized spacial score (nSPS) is 26.6. The Morgan fingerprint density at radius 2 is 1.90 bits per heavy atom. The van der Waals surface area contributed by atoms with Crippen LogP contribution in [0.25, 0.3) is 0 Å². The molecule has 5 nitrogen and oxygen atoms in total. The highest BCUT2D eigenvalue weighted by molar-refractivity contribution is 7.89. The monoisotopic (exact) mass is 293 g/mol. The van der Waals surface area contributed by atoms with Crippen molar-refractivity contribution in [2.24, 2.45) is 5.92 Å². The van der Waals surface area contributed by atoms with Crippen molar-refractivity contribution in [2.75, 3.05) is 13.1 Å². The molecule has 0 radical (unpaired) electrons. The Morgan fingerprint density at radius 1 is 1.25 bits per heavy atom. The first-order chi connectivity index (χ1) is 9.39. The van der Waals surface area contributed by atoms with E-state index in [1.54, 1.807) is 24.3 Å². The average molecular weight is 293 g/mol. The molecule has 6 heteroatoms. The van der Waals surface area contributed by atoms with Crippen LogP contribution in [0.15, 0.2) is 41.3 Å². The Morgan fingerprint density at radius 3 is 2.50 bits per heavy atom. The van der Waals surface area contributed by atoms with E-state index in [-0.39, 0.29) is 23.9 Å². The molecule has 2 heterocycles. The van der Waals surface area contributed by atoms with Crippen molar-refractivity contribution in [2.45, 2.75) is 17.9 Å². The first kappa shape index (κ1) is 13.3. The molecule has 2 saturated heterocycles. The van der Waals surface area contributed by atoms with Crippen LogP contribution in [0.4, 0.5) is 0 Å². The summed E-state index contributed by atoms with van der Waals surface area (Å²) in [6, 6.07) is 6.73. The number of sulfonamides is 1. The van der Waals surface area contributed by atoms with Gasteiger partial charge >= 0.3 is 5.97 Å². The Bertz CT molecular complexity index is 678. The van der Waals surface area contributed by atoms with Gasteiger partial charge in [0.05, 0.1) is 11.4 Å². The number of carbonyl (C=O) groups is 1. The lowest BCUT2D eigenvalue weighted by Crippen LogP contribution is -2.31. The van der Waals surface area contributed by atoms with Gasteiger partial charge in [0.2, 0.25) is 10.0 Å². The van der Waals surface area contributed by atoms with E-state index in [2.05, 4.69) is 6.58 Å². The molecule has 2 aliphatic heterocycles. The Balaban J connectivity index is 1.86. The minimum absolute atomic E-state index is 0.200. The smallest absolute Gasteiger partial charge is 0.334 e. The number of fused-ring (bicyclic) bond motifs is 1. The van der Waals surface area contributed by atoms with Crippen LogP contribution in [-0.4, -0.2) is 37.9 Å². The predicted molar refractivity (Wildman–Crippen MR) is 72.4 cm³/mol. The second-order valence-electron chi connectivity index (χ2n) is 5.21. The summed E-state index contributed by atoms with van der Waals surface area (Å²) >= 11 is 0. The van der Waals surface area contributed by atoms with E-state index >= 15 is 0 Å². The molecule has 106 valence electrons. The molecule has 2 aliphatic rings. The lowest BCUT2D eigenvalue weighted by atomic mass is 10.0. The van der Waals surface area contributed by atoms with E-state index in [0.717, 1.165) is 5.56 Å². The fourth-order valence-corrected chi connectivity index (χ4v) is 4.09. The van der Waals surface area contributed by atoms with Gasteiger partial charge in [-0.1, -0.05) is 24.3 Å². The third-order valence-electron chi connectivity index (χ3n) is 3.86. The second kappa shape index (κ2) is 4.43. The highest BCUT2D eigenvalue weighted by atomic mass is 32.2. The van der Waals surface area contributed by atoms with Crippen molar-refractivity contribution in [1.29, 1.82) is 0 Å². The summed E-state index contributed by atoms with van der Waals surface area (Å²) in [4.78, 5) is 11.6. The lowest BCUT2D eigenvalue weighted by molar-refractivity contribution is -0.138. The van der Waals surface area contributed by atoms with E-state index in [1.807, 2.05) is 6.92 Å². The van der Waals surface area contributed by atoms with Crippen molar-refractivity contribution in [1.82, 2.24) is 4.31 Å². The molecular weight excluding hydrogens is 278 g/mol. The highest BCUT2D eigenvalue weighted by Crippen LogP contribution is 2.35. The number of benzene rings is 1. The fourth-order valence-electron chi connectivity index (χ4n) is 2.61. The van der Waals surface area contributed by atoms with Crippen LogP contribution in [0, 0.1) is 12.8 Å². The maximum atomic E-state index is 12.5. The molecule has 0 aliphatic carbocycles. The lowest BCUT2D eigenvalue weighted by Gasteiger charge is -2.17. The second-order valence-corrected chi connectivity index (χ2v) is 7.15. The van der Waals surface area contributed by atoms with Gasteiger partial charge in [0.25, 0.3) is 0 Å². The molecule has 0 unspecified atom stereocenters. The number of ether oxygens (including phenoxy) is 1. The number of hydrogen-bond acceptors (Lipinski definition) is 4. The first-order valence-corrected chi connectivity index (χ1v) is 7.80. The number of hydrogen-bond donors (Lipinski definition) is 0. The third-order valence-corrected chi connectivity index (χ3v) is 5.71. The molecule has 0 N–H and O–H groups in total. The topological polar surface area (TPSA) is 63.7 Å². The van der Waals surface area contributed by atoms with Crippen molar-refractivity contribution < 1.29 is 17.9 Å². The predicted octanol–water partition coefficient (Wildman–Crippen LogP) is 1.10. The van der Waals surface area contributed by atoms with Gasteiger partial charge in [0, 0.05) is 18.0 Å². The van der Waals surface area contributed by atoms with E-state index < -0.39 is 22.1 Å². The van der Waals surface area contributed by atoms with Gasteiger partial charge in [0.1, 0.15) is 6.10 Å². The van der Waals surface area contributed by atoms with E-state index in [0.29, 0.717) is 5.57 Å². The summed E-state index contributed by atoms with van der Waals surface area (Å²) in [5.74, 6) is -0.630. The summed E-state index contributed by atoms with van der Waals surface area (Å²) in [5.41, 5.74) is 1.38. The molecule has 1 aromatic carbocycles. The number of rotatable bonds is 2. The fraction of sp³-hybridized carbons (Fsp3) is 0.357. The summed E-state index contributed by atoms with van der Waals surface area (Å²) in [6.45, 7) is 6.04. The van der Waals surface area contributed by atoms with E-state index in [1.165, 1.54) is 4.31 Å². The van der Waals surface area contributed by atoms with Gasteiger partial charge < -0.3 is 4.74 Å². The largest absolute Gasteiger partial charge is 0.457 e. The van der Waals surface area contributed by atoms with Crippen LogP contribution in [0.5, 0.6) is 0 Å². The zero-order valence-corrected chi connectivity index (χ0v) is 11.9. The first-order valence-electron chi connectivity index (χ1n) is 6.36. The van der Waals surface area contributed by atoms with Gasteiger partial charge in [-0.25, -0.2) is 13.2 Å². The zero-order chi connectivity index (χ0) is 14.5. The maximum absolute atomic E-state index is 12.5. The number of esters is 1. The molecule has 2 fully saturated rings. The van der Waals surface area contributed by atoms with Gasteiger partial charge in [0.15, 0.2) is 0 Å². The number of carbonyl (C=O) groups excluding carboxylic acids is 1. The molecule has 1 aromatic rings. The SMILES string of the molecule is C=C1C(=O)O[C@@H]2CN(S(=O)(=O)c3ccc(C)cc3)C[C@H]12. The molecule has 20 heavy (non-hydrogen) atoms. The quantitative estimate of drug-likeness (QED) is 0.605. The molecule has 0 bridgehead atoms. The van der Waals surface area contributed by atoms with Crippen molar-refractivity contribution >= 4 is 16.0 Å². The van der Waals surface area contributed by atoms with Crippen LogP contribution < -0.4 is 0 Å². The van der Waals surface area contributed by atoms with Gasteiger partial charge in [-0.15, -0.1) is 0 Å². The summed E-state index contributed by atoms with van der Waals surface area (Å²) in [5, 5.41) is 0. The molecule has 2 atom stereocenters. The molecule has 0 spiro atoms. The minimum Gasteiger partial charge on any atom is -0.457 e. The van der Waals surface area contributed by atoms with Gasteiger partial charge in [-0.2, -0.15) is 4.31 Å². The number of aryl methyl sites for hydroxylation is 1. The van der Waals surface area contributed by atoms with Crippen LogP contribution in [0.1, 0.15) is 5.56 Å². The average Bonchev–Trinajstić information content (AvgIpc) is 2.92. The summed E-state index contributed by atoms with van der Waals surface area (Å²) < 4.78 is 31.5. The van der Waals surface area contributed by atoms with Crippen molar-refractivity contribution in [3.05, 3.63) is 42.0 Å². The standard InChI is InChI=1S/C14H15NO4S/c1-9-3-5-11(6-4-9)20(17,18)15-7-12-10(2)14(16)19-13(12)8-15/h3-6,12-13H,2,7-8H2,1H3/t12-,13-/m1/s1. The minimum atomic E-state index is -3.54. The van der Waals surface area contributed by atoms with Crippen LogP contribution >= 0.6 is 0 Å². The van der Waals surface area contributed by atoms with Crippen LogP contribution in [0.3, 0.4) is 0 Å². The summed E-state index contributed by atoms with van der Waals surface area (Å²) in [7, 11) is -3.54. The van der Waals surface area contributed by atoms with E-state index in [9.17, 15) is 13.2 Å². The number of nitrogens with zero attached hydrogens (tertiary/aromatic N) is 1. The Hall–Kier alpha value is -1.66. The van der Waals surface area contributed by atoms with Gasteiger partial charge in [-0.05, 0) is 19.1 Å². The van der Waals surface area contributed by atoms with Crippen molar-refractivity contribution in [3.63, 3.8) is 0 Å².